The lowest BCUT2D eigenvalue weighted by Gasteiger charge is -2.07. The summed E-state index contributed by atoms with van der Waals surface area (Å²) in [6.45, 7) is 3.62. The minimum Gasteiger partial charge on any atom is -0.497 e. The molecule has 0 saturated carbocycles. The lowest BCUT2D eigenvalue weighted by molar-refractivity contribution is 0.0996. The third-order valence-corrected chi connectivity index (χ3v) is 5.32. The maximum atomic E-state index is 12.9. The molecule has 154 valence electrons. The first-order chi connectivity index (χ1) is 14.1. The second-order valence-corrected chi connectivity index (χ2v) is 7.12. The average molecular weight is 416 g/mol. The summed E-state index contributed by atoms with van der Waals surface area (Å²) < 4.78 is 24.3. The van der Waals surface area contributed by atoms with Crippen molar-refractivity contribution in [1.82, 2.24) is 4.57 Å². The maximum absolute atomic E-state index is 12.9. The second-order valence-electron chi connectivity index (χ2n) is 6.11. The zero-order valence-electron chi connectivity index (χ0n) is 16.9. The van der Waals surface area contributed by atoms with Gasteiger partial charge in [-0.25, -0.2) is 0 Å². The van der Waals surface area contributed by atoms with E-state index >= 15 is 0 Å². The zero-order valence-corrected chi connectivity index (χ0v) is 17.7. The molecule has 0 N–H and O–H groups in total. The Morgan fingerprint density at radius 2 is 1.76 bits per heavy atom. The molecule has 0 bridgehead atoms. The normalized spacial score (nSPS) is 11.7. The van der Waals surface area contributed by atoms with Crippen molar-refractivity contribution in [3.8, 4) is 17.2 Å². The quantitative estimate of drug-likeness (QED) is 0.562. The molecular weight excluding hydrogens is 392 g/mol. The van der Waals surface area contributed by atoms with Gasteiger partial charge in [0.15, 0.2) is 4.80 Å². The fraction of sp³-hybridized carbons (Fsp3) is 0.333. The van der Waals surface area contributed by atoms with Crippen molar-refractivity contribution >= 4 is 27.5 Å². The van der Waals surface area contributed by atoms with Crippen LogP contribution in [0.4, 0.5) is 0 Å². The first kappa shape index (κ1) is 20.9. The van der Waals surface area contributed by atoms with Crippen molar-refractivity contribution in [2.24, 2.45) is 4.99 Å². The highest BCUT2D eigenvalue weighted by Gasteiger charge is 2.12. The Morgan fingerprint density at radius 1 is 1.03 bits per heavy atom. The number of carbonyl (C=O) groups excluding carboxylic acids is 1. The van der Waals surface area contributed by atoms with Crippen LogP contribution >= 0.6 is 11.3 Å². The van der Waals surface area contributed by atoms with Gasteiger partial charge >= 0.3 is 0 Å². The van der Waals surface area contributed by atoms with Crippen molar-refractivity contribution in [1.29, 1.82) is 0 Å². The molecule has 3 rings (SSSR count). The number of nitrogens with zero attached hydrogens (tertiary/aromatic N) is 2. The van der Waals surface area contributed by atoms with Gasteiger partial charge in [0.05, 0.1) is 37.6 Å². The minimum atomic E-state index is -0.370. The van der Waals surface area contributed by atoms with E-state index in [0.717, 1.165) is 16.0 Å². The molecule has 0 aliphatic heterocycles. The van der Waals surface area contributed by atoms with Gasteiger partial charge in [-0.1, -0.05) is 11.3 Å². The highest BCUT2D eigenvalue weighted by atomic mass is 32.1. The van der Waals surface area contributed by atoms with Crippen LogP contribution in [0.5, 0.6) is 17.2 Å². The van der Waals surface area contributed by atoms with E-state index in [1.54, 1.807) is 39.5 Å². The minimum absolute atomic E-state index is 0.370. The number of benzene rings is 2. The molecule has 0 aliphatic carbocycles. The largest absolute Gasteiger partial charge is 0.497 e. The Bertz CT molecular complexity index is 1050. The number of carbonyl (C=O) groups is 1. The predicted octanol–water partition coefficient (Wildman–Crippen LogP) is 3.51. The summed E-state index contributed by atoms with van der Waals surface area (Å²) in [6.07, 6.45) is 0. The van der Waals surface area contributed by atoms with Gasteiger partial charge < -0.3 is 23.5 Å². The van der Waals surface area contributed by atoms with Crippen LogP contribution in [0.15, 0.2) is 41.4 Å². The smallest absolute Gasteiger partial charge is 0.279 e. The van der Waals surface area contributed by atoms with Crippen LogP contribution in [-0.4, -0.2) is 45.0 Å². The molecule has 1 aromatic heterocycles. The molecule has 3 aromatic rings. The molecule has 7 nitrogen and oxygen atoms in total. The van der Waals surface area contributed by atoms with Crippen LogP contribution in [0.1, 0.15) is 17.3 Å². The van der Waals surface area contributed by atoms with Crippen molar-refractivity contribution < 1.29 is 23.7 Å². The summed E-state index contributed by atoms with van der Waals surface area (Å²) in [5.41, 5.74) is 1.37. The zero-order chi connectivity index (χ0) is 20.8. The average Bonchev–Trinajstić information content (AvgIpc) is 3.07. The van der Waals surface area contributed by atoms with Gasteiger partial charge in [-0.05, 0) is 37.3 Å². The fourth-order valence-electron chi connectivity index (χ4n) is 2.88. The number of rotatable bonds is 8. The molecule has 8 heteroatoms. The standard InChI is InChI=1S/C21H24N2O5S/c1-5-28-15-6-7-18-19(13-15)29-21(23(18)8-9-25-2)22-20(24)14-10-16(26-3)12-17(11-14)27-4/h6-7,10-13H,5,8-9H2,1-4H3. The highest BCUT2D eigenvalue weighted by Crippen LogP contribution is 2.25. The summed E-state index contributed by atoms with van der Waals surface area (Å²) >= 11 is 1.43. The number of thiazole rings is 1. The first-order valence-electron chi connectivity index (χ1n) is 9.16. The maximum Gasteiger partial charge on any atom is 0.279 e. The molecule has 0 aliphatic rings. The van der Waals surface area contributed by atoms with E-state index in [2.05, 4.69) is 4.99 Å². The second kappa shape index (κ2) is 9.58. The van der Waals surface area contributed by atoms with Gasteiger partial charge in [-0.2, -0.15) is 4.99 Å². The monoisotopic (exact) mass is 416 g/mol. The van der Waals surface area contributed by atoms with Crippen LogP contribution in [0.2, 0.25) is 0 Å². The molecule has 0 unspecified atom stereocenters. The van der Waals surface area contributed by atoms with Crippen LogP contribution in [0.25, 0.3) is 10.2 Å². The number of amides is 1. The van der Waals surface area contributed by atoms with Crippen molar-refractivity contribution in [3.63, 3.8) is 0 Å². The molecule has 0 radical (unpaired) electrons. The number of hydrogen-bond donors (Lipinski definition) is 0. The molecule has 2 aromatic carbocycles. The van der Waals surface area contributed by atoms with E-state index in [-0.39, 0.29) is 5.91 Å². The molecule has 0 atom stereocenters. The van der Waals surface area contributed by atoms with E-state index < -0.39 is 0 Å². The molecule has 0 spiro atoms. The van der Waals surface area contributed by atoms with Gasteiger partial charge in [0.1, 0.15) is 17.2 Å². The molecule has 1 heterocycles. The van der Waals surface area contributed by atoms with E-state index in [1.165, 1.54) is 11.3 Å². The van der Waals surface area contributed by atoms with E-state index in [1.807, 2.05) is 29.7 Å². The lowest BCUT2D eigenvalue weighted by Crippen LogP contribution is -2.19. The van der Waals surface area contributed by atoms with Crippen molar-refractivity contribution in [2.75, 3.05) is 34.5 Å². The Morgan fingerprint density at radius 3 is 2.38 bits per heavy atom. The lowest BCUT2D eigenvalue weighted by atomic mass is 10.2. The van der Waals surface area contributed by atoms with Crippen LogP contribution in [0.3, 0.4) is 0 Å². The summed E-state index contributed by atoms with van der Waals surface area (Å²) in [7, 11) is 4.73. The SMILES string of the molecule is CCOc1ccc2c(c1)sc(=NC(=O)c1cc(OC)cc(OC)c1)n2CCOC. The van der Waals surface area contributed by atoms with E-state index in [0.29, 0.717) is 41.6 Å². The summed E-state index contributed by atoms with van der Waals surface area (Å²) in [4.78, 5) is 17.9. The van der Waals surface area contributed by atoms with Gasteiger partial charge in [0.25, 0.3) is 5.91 Å². The van der Waals surface area contributed by atoms with Gasteiger partial charge in [-0.3, -0.25) is 4.79 Å². The predicted molar refractivity (Wildman–Crippen MR) is 112 cm³/mol. The van der Waals surface area contributed by atoms with Gasteiger partial charge in [0, 0.05) is 25.3 Å². The molecule has 0 saturated heterocycles. The Hall–Kier alpha value is -2.84. The molecule has 0 fully saturated rings. The molecular formula is C21H24N2O5S. The van der Waals surface area contributed by atoms with Gasteiger partial charge in [-0.15, -0.1) is 0 Å². The van der Waals surface area contributed by atoms with Gasteiger partial charge in [0.2, 0.25) is 0 Å². The van der Waals surface area contributed by atoms with E-state index in [9.17, 15) is 4.79 Å². The Balaban J connectivity index is 2.09. The number of aromatic nitrogens is 1. The number of methoxy groups -OCH3 is 3. The number of fused-ring (bicyclic) bond motifs is 1. The molecule has 1 amide bonds. The first-order valence-corrected chi connectivity index (χ1v) is 9.98. The Labute approximate surface area is 173 Å². The van der Waals surface area contributed by atoms with E-state index in [4.69, 9.17) is 18.9 Å². The fourth-order valence-corrected chi connectivity index (χ4v) is 3.96. The van der Waals surface area contributed by atoms with Crippen LogP contribution in [-0.2, 0) is 11.3 Å². The third-order valence-electron chi connectivity index (χ3n) is 4.28. The topological polar surface area (TPSA) is 71.3 Å². The molecule has 29 heavy (non-hydrogen) atoms. The third kappa shape index (κ3) is 4.78. The van der Waals surface area contributed by atoms with Crippen molar-refractivity contribution in [2.45, 2.75) is 13.5 Å². The summed E-state index contributed by atoms with van der Waals surface area (Å²) in [5.74, 6) is 1.49. The van der Waals surface area contributed by atoms with Crippen molar-refractivity contribution in [3.05, 3.63) is 46.8 Å². The summed E-state index contributed by atoms with van der Waals surface area (Å²) in [6, 6.07) is 10.9. The van der Waals surface area contributed by atoms with Crippen LogP contribution in [0, 0.1) is 0 Å². The van der Waals surface area contributed by atoms with Crippen LogP contribution < -0.4 is 19.0 Å². The number of ether oxygens (including phenoxy) is 4. The highest BCUT2D eigenvalue weighted by molar-refractivity contribution is 7.16. The number of hydrogen-bond acceptors (Lipinski definition) is 6. The summed E-state index contributed by atoms with van der Waals surface area (Å²) in [5, 5.41) is 0. The Kier molecular flexibility index (Phi) is 6.90.